The molecule has 0 amide bonds. The van der Waals surface area contributed by atoms with Crippen LogP contribution in [-0.2, 0) is 0 Å². The lowest BCUT2D eigenvalue weighted by Gasteiger charge is -2.35. The van der Waals surface area contributed by atoms with Crippen LogP contribution in [0.25, 0.3) is 0 Å². The first-order valence-electron chi connectivity index (χ1n) is 11.0. The van der Waals surface area contributed by atoms with Crippen LogP contribution in [0, 0.1) is 11.8 Å². The van der Waals surface area contributed by atoms with Crippen LogP contribution in [0.5, 0.6) is 0 Å². The molecule has 2 N–H and O–H groups in total. The van der Waals surface area contributed by atoms with Gasteiger partial charge in [0.25, 0.3) is 0 Å². The minimum atomic E-state index is 0.562. The van der Waals surface area contributed by atoms with Crippen LogP contribution in [0.1, 0.15) is 60.3 Å². The Morgan fingerprint density at radius 3 is 2.42 bits per heavy atom. The van der Waals surface area contributed by atoms with Crippen LogP contribution in [0.2, 0.25) is 0 Å². The number of aliphatic imine (C=N–C) groups is 1. The van der Waals surface area contributed by atoms with Crippen molar-refractivity contribution in [1.29, 1.82) is 0 Å². The summed E-state index contributed by atoms with van der Waals surface area (Å²) in [6, 6.07) is 1.23. The van der Waals surface area contributed by atoms with Crippen molar-refractivity contribution in [2.45, 2.75) is 72.4 Å². The summed E-state index contributed by atoms with van der Waals surface area (Å²) in [4.78, 5) is 10.2. The maximum atomic E-state index is 4.95. The first-order chi connectivity index (χ1) is 12.5. The molecular formula is C21H43N5. The lowest BCUT2D eigenvalue weighted by molar-refractivity contribution is 0.161. The van der Waals surface area contributed by atoms with Crippen LogP contribution < -0.4 is 10.6 Å². The van der Waals surface area contributed by atoms with Gasteiger partial charge >= 0.3 is 0 Å². The van der Waals surface area contributed by atoms with Crippen LogP contribution in [-0.4, -0.2) is 73.7 Å². The average molecular weight is 366 g/mol. The number of nitrogens with one attached hydrogen (secondary N) is 2. The van der Waals surface area contributed by atoms with Crippen molar-refractivity contribution >= 4 is 5.96 Å². The minimum Gasteiger partial charge on any atom is -0.357 e. The van der Waals surface area contributed by atoms with Gasteiger partial charge in [0.1, 0.15) is 0 Å². The highest BCUT2D eigenvalue weighted by molar-refractivity contribution is 5.80. The highest BCUT2D eigenvalue weighted by Gasteiger charge is 2.22. The van der Waals surface area contributed by atoms with Gasteiger partial charge in [0.15, 0.2) is 5.96 Å². The van der Waals surface area contributed by atoms with E-state index in [-0.39, 0.29) is 0 Å². The molecule has 2 rings (SSSR count). The Balaban J connectivity index is 1.80. The van der Waals surface area contributed by atoms with Gasteiger partial charge in [0.05, 0.1) is 0 Å². The zero-order chi connectivity index (χ0) is 18.9. The maximum absolute atomic E-state index is 4.95. The number of guanidine groups is 1. The summed E-state index contributed by atoms with van der Waals surface area (Å²) in [6.45, 7) is 19.4. The molecule has 0 radical (unpaired) electrons. The van der Waals surface area contributed by atoms with E-state index < -0.39 is 0 Å². The molecule has 2 aliphatic rings. The van der Waals surface area contributed by atoms with E-state index in [1.165, 1.54) is 58.4 Å². The molecule has 2 fully saturated rings. The van der Waals surface area contributed by atoms with Crippen LogP contribution in [0.4, 0.5) is 0 Å². The number of nitrogens with zero attached hydrogens (tertiary/aromatic N) is 3. The molecule has 0 bridgehead atoms. The Labute approximate surface area is 162 Å². The molecule has 0 aromatic carbocycles. The van der Waals surface area contributed by atoms with E-state index in [0.717, 1.165) is 25.0 Å². The maximum Gasteiger partial charge on any atom is 0.191 e. The van der Waals surface area contributed by atoms with E-state index in [9.17, 15) is 0 Å². The first kappa shape index (κ1) is 21.5. The lowest BCUT2D eigenvalue weighted by atomic mass is 9.97. The monoisotopic (exact) mass is 365 g/mol. The van der Waals surface area contributed by atoms with Crippen molar-refractivity contribution in [3.8, 4) is 0 Å². The summed E-state index contributed by atoms with van der Waals surface area (Å²) in [7, 11) is 0. The van der Waals surface area contributed by atoms with Gasteiger partial charge in [-0.15, -0.1) is 0 Å². The lowest BCUT2D eigenvalue weighted by Crippen LogP contribution is -2.50. The van der Waals surface area contributed by atoms with Gasteiger partial charge in [-0.05, 0) is 64.8 Å². The number of piperidine rings is 2. The molecule has 0 saturated carbocycles. The van der Waals surface area contributed by atoms with Gasteiger partial charge in [-0.1, -0.05) is 13.8 Å². The Morgan fingerprint density at radius 1 is 1.08 bits per heavy atom. The summed E-state index contributed by atoms with van der Waals surface area (Å²) < 4.78 is 0. The Kier molecular flexibility index (Phi) is 9.20. The standard InChI is InChI=1S/C21H43N5/c1-6-22-21(24-20-9-12-26(13-10-20)18(4)5)23-14-19-8-7-11-25(16-19)15-17(2)3/h17-20H,6-16H2,1-5H3,(H2,22,23,24). The third-order valence-electron chi connectivity index (χ3n) is 5.68. The summed E-state index contributed by atoms with van der Waals surface area (Å²) in [5.41, 5.74) is 0. The quantitative estimate of drug-likeness (QED) is 0.538. The predicted octanol–water partition coefficient (Wildman–Crippen LogP) is 2.78. The minimum absolute atomic E-state index is 0.562. The Morgan fingerprint density at radius 2 is 1.81 bits per heavy atom. The molecule has 5 nitrogen and oxygen atoms in total. The van der Waals surface area contributed by atoms with Crippen LogP contribution in [0.15, 0.2) is 4.99 Å². The molecular weight excluding hydrogens is 322 g/mol. The summed E-state index contributed by atoms with van der Waals surface area (Å²) in [5.74, 6) is 2.49. The SMILES string of the molecule is CCNC(=NCC1CCCN(CC(C)C)C1)NC1CCN(C(C)C)CC1. The predicted molar refractivity (Wildman–Crippen MR) is 113 cm³/mol. The van der Waals surface area contributed by atoms with E-state index in [1.807, 2.05) is 0 Å². The fourth-order valence-corrected chi connectivity index (χ4v) is 4.28. The van der Waals surface area contributed by atoms with Crippen molar-refractivity contribution in [1.82, 2.24) is 20.4 Å². The van der Waals surface area contributed by atoms with Crippen molar-refractivity contribution in [3.05, 3.63) is 0 Å². The van der Waals surface area contributed by atoms with Gasteiger partial charge in [-0.2, -0.15) is 0 Å². The normalized spacial score (nSPS) is 24.4. The van der Waals surface area contributed by atoms with Crippen molar-refractivity contribution in [2.75, 3.05) is 45.8 Å². The summed E-state index contributed by atoms with van der Waals surface area (Å²) >= 11 is 0. The molecule has 2 saturated heterocycles. The fraction of sp³-hybridized carbons (Fsp3) is 0.952. The van der Waals surface area contributed by atoms with Crippen LogP contribution in [0.3, 0.4) is 0 Å². The van der Waals surface area contributed by atoms with Crippen molar-refractivity contribution < 1.29 is 0 Å². The molecule has 2 heterocycles. The van der Waals surface area contributed by atoms with E-state index in [0.29, 0.717) is 18.0 Å². The topological polar surface area (TPSA) is 42.9 Å². The first-order valence-corrected chi connectivity index (χ1v) is 11.0. The number of rotatable bonds is 7. The third-order valence-corrected chi connectivity index (χ3v) is 5.68. The molecule has 0 aromatic heterocycles. The van der Waals surface area contributed by atoms with Gasteiger partial charge < -0.3 is 20.4 Å². The smallest absolute Gasteiger partial charge is 0.191 e. The Hall–Kier alpha value is -0.810. The van der Waals surface area contributed by atoms with E-state index in [1.54, 1.807) is 0 Å². The van der Waals surface area contributed by atoms with Gasteiger partial charge in [-0.3, -0.25) is 4.99 Å². The summed E-state index contributed by atoms with van der Waals surface area (Å²) in [5, 5.41) is 7.16. The Bertz CT molecular complexity index is 413. The highest BCUT2D eigenvalue weighted by Crippen LogP contribution is 2.18. The molecule has 1 atom stereocenters. The molecule has 5 heteroatoms. The zero-order valence-electron chi connectivity index (χ0n) is 17.9. The zero-order valence-corrected chi connectivity index (χ0v) is 17.9. The molecule has 0 aromatic rings. The highest BCUT2D eigenvalue weighted by atomic mass is 15.2. The summed E-state index contributed by atoms with van der Waals surface area (Å²) in [6.07, 6.45) is 5.08. The van der Waals surface area contributed by atoms with E-state index >= 15 is 0 Å². The van der Waals surface area contributed by atoms with E-state index in [4.69, 9.17) is 4.99 Å². The number of hydrogen-bond donors (Lipinski definition) is 2. The van der Waals surface area contributed by atoms with Crippen molar-refractivity contribution in [3.63, 3.8) is 0 Å². The second-order valence-corrected chi connectivity index (χ2v) is 8.93. The van der Waals surface area contributed by atoms with Gasteiger partial charge in [0.2, 0.25) is 0 Å². The second-order valence-electron chi connectivity index (χ2n) is 8.93. The van der Waals surface area contributed by atoms with Gasteiger partial charge in [0, 0.05) is 51.4 Å². The molecule has 1 unspecified atom stereocenters. The fourth-order valence-electron chi connectivity index (χ4n) is 4.28. The number of likely N-dealkylation sites (tertiary alicyclic amines) is 2. The van der Waals surface area contributed by atoms with Gasteiger partial charge in [-0.25, -0.2) is 0 Å². The van der Waals surface area contributed by atoms with Crippen LogP contribution >= 0.6 is 0 Å². The number of hydrogen-bond acceptors (Lipinski definition) is 3. The third kappa shape index (κ3) is 7.43. The largest absolute Gasteiger partial charge is 0.357 e. The molecule has 2 aliphatic heterocycles. The molecule has 0 spiro atoms. The van der Waals surface area contributed by atoms with E-state index in [2.05, 4.69) is 55.1 Å². The second kappa shape index (κ2) is 11.1. The molecule has 152 valence electrons. The van der Waals surface area contributed by atoms with Crippen molar-refractivity contribution in [2.24, 2.45) is 16.8 Å². The molecule has 0 aliphatic carbocycles. The molecule has 26 heavy (non-hydrogen) atoms. The average Bonchev–Trinajstić information content (AvgIpc) is 2.60.